The van der Waals surface area contributed by atoms with Crippen molar-refractivity contribution in [2.24, 2.45) is 5.41 Å². The van der Waals surface area contributed by atoms with E-state index >= 15 is 0 Å². The maximum Gasteiger partial charge on any atom is 0.242 e. The number of hydrogen-bond acceptors (Lipinski definition) is 5. The van der Waals surface area contributed by atoms with Gasteiger partial charge < -0.3 is 10.6 Å². The molecular weight excluding hydrogens is 248 g/mol. The van der Waals surface area contributed by atoms with Crippen LogP contribution in [0.3, 0.4) is 0 Å². The smallest absolute Gasteiger partial charge is 0.242 e. The van der Waals surface area contributed by atoms with E-state index in [2.05, 4.69) is 31.3 Å². The van der Waals surface area contributed by atoms with Crippen LogP contribution in [0.15, 0.2) is 0 Å². The maximum atomic E-state index is 11.9. The van der Waals surface area contributed by atoms with Gasteiger partial charge in [0.05, 0.1) is 6.04 Å². The lowest BCUT2D eigenvalue weighted by Crippen LogP contribution is -2.48. The lowest BCUT2D eigenvalue weighted by Gasteiger charge is -2.22. The normalized spacial score (nSPS) is 14.6. The lowest BCUT2D eigenvalue weighted by molar-refractivity contribution is -0.133. The average molecular weight is 268 g/mol. The molecule has 1 aromatic heterocycles. The molecule has 19 heavy (non-hydrogen) atoms. The Morgan fingerprint density at radius 3 is 2.32 bits per heavy atom. The average Bonchev–Trinajstić information content (AvgIpc) is 2.80. The van der Waals surface area contributed by atoms with Gasteiger partial charge in [-0.05, 0) is 13.8 Å². The summed E-state index contributed by atoms with van der Waals surface area (Å²) in [6.07, 6.45) is 0. The predicted octanol–water partition coefficient (Wildman–Crippen LogP) is -0.0723. The fourth-order valence-corrected chi connectivity index (χ4v) is 1.23. The fraction of sp³-hybridized carbons (Fsp3) is 0.727. The van der Waals surface area contributed by atoms with Gasteiger partial charge in [0, 0.05) is 5.41 Å². The monoisotopic (exact) mass is 268 g/mol. The number of tetrazole rings is 1. The molecule has 0 aromatic carbocycles. The zero-order valence-electron chi connectivity index (χ0n) is 11.8. The van der Waals surface area contributed by atoms with Crippen LogP contribution in [-0.4, -0.2) is 38.5 Å². The number of carbonyl (C=O) groups is 2. The van der Waals surface area contributed by atoms with Crippen molar-refractivity contribution in [3.05, 3.63) is 5.82 Å². The minimum absolute atomic E-state index is 0.178. The molecule has 3 N–H and O–H groups in total. The number of aromatic amines is 1. The molecule has 0 aliphatic carbocycles. The second-order valence-corrected chi connectivity index (χ2v) is 5.45. The summed E-state index contributed by atoms with van der Waals surface area (Å²) in [6.45, 7) is 8.72. The van der Waals surface area contributed by atoms with Crippen LogP contribution in [0.4, 0.5) is 0 Å². The number of nitrogens with zero attached hydrogens (tertiary/aromatic N) is 3. The Kier molecular flexibility index (Phi) is 4.57. The van der Waals surface area contributed by atoms with Crippen LogP contribution in [0.2, 0.25) is 0 Å². The van der Waals surface area contributed by atoms with Crippen molar-refractivity contribution in [3.8, 4) is 0 Å². The number of H-pyrrole nitrogens is 1. The summed E-state index contributed by atoms with van der Waals surface area (Å²) in [7, 11) is 0. The first kappa shape index (κ1) is 15.1. The molecular formula is C11H20N6O2. The SMILES string of the molecule is CC(NC(=O)C(C)(C)C)C(=O)NC(C)c1nn[nH]n1. The van der Waals surface area contributed by atoms with E-state index in [0.29, 0.717) is 5.82 Å². The standard InChI is InChI=1S/C11H20N6O2/c1-6(8-14-16-17-15-8)12-9(18)7(2)13-10(19)11(3,4)5/h6-7H,1-5H3,(H,12,18)(H,13,19)(H,14,15,16,17). The Morgan fingerprint density at radius 2 is 1.84 bits per heavy atom. The molecule has 0 bridgehead atoms. The van der Waals surface area contributed by atoms with Gasteiger partial charge in [-0.15, -0.1) is 10.2 Å². The first-order valence-corrected chi connectivity index (χ1v) is 6.06. The number of aromatic nitrogens is 4. The zero-order valence-corrected chi connectivity index (χ0v) is 11.8. The van der Waals surface area contributed by atoms with Crippen LogP contribution in [0, 0.1) is 5.41 Å². The number of nitrogens with one attached hydrogen (secondary N) is 3. The van der Waals surface area contributed by atoms with Crippen LogP contribution in [0.25, 0.3) is 0 Å². The number of carbonyl (C=O) groups excluding carboxylic acids is 2. The lowest BCUT2D eigenvalue weighted by atomic mass is 9.95. The van der Waals surface area contributed by atoms with E-state index in [-0.39, 0.29) is 17.9 Å². The Morgan fingerprint density at radius 1 is 1.21 bits per heavy atom. The summed E-state index contributed by atoms with van der Waals surface area (Å²) in [5, 5.41) is 18.6. The highest BCUT2D eigenvalue weighted by atomic mass is 16.2. The maximum absolute atomic E-state index is 11.9. The topological polar surface area (TPSA) is 113 Å². The molecule has 0 aliphatic heterocycles. The van der Waals surface area contributed by atoms with Gasteiger partial charge in [-0.1, -0.05) is 26.0 Å². The van der Waals surface area contributed by atoms with E-state index in [9.17, 15) is 9.59 Å². The third-order valence-corrected chi connectivity index (χ3v) is 2.53. The number of hydrogen-bond donors (Lipinski definition) is 3. The summed E-state index contributed by atoms with van der Waals surface area (Å²) < 4.78 is 0. The Bertz CT molecular complexity index is 437. The minimum atomic E-state index is -0.624. The van der Waals surface area contributed by atoms with Crippen molar-refractivity contribution in [1.82, 2.24) is 31.3 Å². The first-order chi connectivity index (χ1) is 8.71. The largest absolute Gasteiger partial charge is 0.344 e. The third-order valence-electron chi connectivity index (χ3n) is 2.53. The van der Waals surface area contributed by atoms with Gasteiger partial charge >= 0.3 is 0 Å². The van der Waals surface area contributed by atoms with Crippen molar-refractivity contribution in [3.63, 3.8) is 0 Å². The van der Waals surface area contributed by atoms with Crippen LogP contribution in [-0.2, 0) is 9.59 Å². The second kappa shape index (κ2) is 5.77. The van der Waals surface area contributed by atoms with E-state index in [1.807, 2.05) is 0 Å². The van der Waals surface area contributed by atoms with Gasteiger partial charge in [-0.2, -0.15) is 5.21 Å². The summed E-state index contributed by atoms with van der Waals surface area (Å²) >= 11 is 0. The molecule has 2 amide bonds. The summed E-state index contributed by atoms with van der Waals surface area (Å²) in [5.41, 5.74) is -0.534. The third kappa shape index (κ3) is 4.31. The van der Waals surface area contributed by atoms with Crippen molar-refractivity contribution >= 4 is 11.8 Å². The Balaban J connectivity index is 2.52. The van der Waals surface area contributed by atoms with Crippen LogP contribution in [0.1, 0.15) is 46.5 Å². The molecule has 0 radical (unpaired) electrons. The molecule has 2 unspecified atom stereocenters. The second-order valence-electron chi connectivity index (χ2n) is 5.45. The van der Waals surface area contributed by atoms with Gasteiger partial charge in [-0.3, -0.25) is 9.59 Å². The van der Waals surface area contributed by atoms with Gasteiger partial charge in [0.25, 0.3) is 0 Å². The van der Waals surface area contributed by atoms with E-state index in [1.165, 1.54) is 0 Å². The Labute approximate surface area is 111 Å². The molecule has 0 saturated carbocycles. The van der Waals surface area contributed by atoms with Gasteiger partial charge in [0.2, 0.25) is 11.8 Å². The molecule has 0 saturated heterocycles. The van der Waals surface area contributed by atoms with E-state index in [0.717, 1.165) is 0 Å². The highest BCUT2D eigenvalue weighted by Crippen LogP contribution is 2.13. The molecule has 1 aromatic rings. The van der Waals surface area contributed by atoms with Crippen molar-refractivity contribution in [2.45, 2.75) is 46.7 Å². The molecule has 0 fully saturated rings. The summed E-state index contributed by atoms with van der Waals surface area (Å²) in [4.78, 5) is 23.7. The van der Waals surface area contributed by atoms with Crippen molar-refractivity contribution in [2.75, 3.05) is 0 Å². The van der Waals surface area contributed by atoms with E-state index in [4.69, 9.17) is 0 Å². The number of rotatable bonds is 4. The van der Waals surface area contributed by atoms with Crippen LogP contribution in [0.5, 0.6) is 0 Å². The first-order valence-electron chi connectivity index (χ1n) is 6.06. The molecule has 106 valence electrons. The van der Waals surface area contributed by atoms with E-state index < -0.39 is 11.5 Å². The van der Waals surface area contributed by atoms with Gasteiger partial charge in [0.1, 0.15) is 6.04 Å². The van der Waals surface area contributed by atoms with Crippen LogP contribution < -0.4 is 10.6 Å². The van der Waals surface area contributed by atoms with Gasteiger partial charge in [0.15, 0.2) is 5.82 Å². The predicted molar refractivity (Wildman–Crippen MR) is 67.8 cm³/mol. The van der Waals surface area contributed by atoms with Crippen LogP contribution >= 0.6 is 0 Å². The fourth-order valence-electron chi connectivity index (χ4n) is 1.23. The van der Waals surface area contributed by atoms with E-state index in [1.54, 1.807) is 34.6 Å². The molecule has 8 nitrogen and oxygen atoms in total. The number of amides is 2. The molecule has 2 atom stereocenters. The highest BCUT2D eigenvalue weighted by molar-refractivity contribution is 5.89. The molecule has 1 heterocycles. The summed E-state index contributed by atoms with van der Waals surface area (Å²) in [6, 6.07) is -0.999. The quantitative estimate of drug-likeness (QED) is 0.707. The van der Waals surface area contributed by atoms with Crippen molar-refractivity contribution < 1.29 is 9.59 Å². The Hall–Kier alpha value is -1.99. The summed E-state index contributed by atoms with van der Waals surface area (Å²) in [5.74, 6) is -0.0834. The molecule has 0 aliphatic rings. The minimum Gasteiger partial charge on any atom is -0.344 e. The molecule has 1 rings (SSSR count). The van der Waals surface area contributed by atoms with Crippen molar-refractivity contribution in [1.29, 1.82) is 0 Å². The highest BCUT2D eigenvalue weighted by Gasteiger charge is 2.26. The molecule has 8 heteroatoms. The van der Waals surface area contributed by atoms with Gasteiger partial charge in [-0.25, -0.2) is 0 Å². The molecule has 0 spiro atoms. The zero-order chi connectivity index (χ0) is 14.6.